The topological polar surface area (TPSA) is 67.9 Å². The zero-order valence-electron chi connectivity index (χ0n) is 8.66. The van der Waals surface area contributed by atoms with Gasteiger partial charge in [-0.1, -0.05) is 0 Å². The number of thiophene rings is 1. The van der Waals surface area contributed by atoms with Crippen LogP contribution in [-0.2, 0) is 0 Å². The van der Waals surface area contributed by atoms with Crippen molar-refractivity contribution >= 4 is 22.1 Å². The maximum absolute atomic E-state index is 11.4. The summed E-state index contributed by atoms with van der Waals surface area (Å²) in [7, 11) is 3.56. The van der Waals surface area contributed by atoms with Crippen LogP contribution in [-0.4, -0.2) is 19.9 Å². The zero-order chi connectivity index (χ0) is 11.6. The van der Waals surface area contributed by atoms with Gasteiger partial charge in [0.1, 0.15) is 22.0 Å². The van der Waals surface area contributed by atoms with E-state index < -0.39 is 0 Å². The maximum atomic E-state index is 11.4. The molecule has 0 fully saturated rings. The molecule has 0 atom stereocenters. The molecule has 0 aliphatic rings. The van der Waals surface area contributed by atoms with E-state index in [1.54, 1.807) is 19.0 Å². The predicted octanol–water partition coefficient (Wildman–Crippen LogP) is 1.76. The van der Waals surface area contributed by atoms with Crippen LogP contribution in [0.3, 0.4) is 0 Å². The Morgan fingerprint density at radius 3 is 2.27 bits per heavy atom. The monoisotopic (exact) mass is 219 g/mol. The molecule has 1 rings (SSSR count). The number of ketones is 1. The normalized spacial score (nSPS) is 9.13. The summed E-state index contributed by atoms with van der Waals surface area (Å²) in [5, 5.41) is 18.4. The average Bonchev–Trinajstić information content (AvgIpc) is 2.55. The van der Waals surface area contributed by atoms with Crippen molar-refractivity contribution in [1.29, 1.82) is 10.5 Å². The number of anilines is 1. The average molecular weight is 219 g/mol. The molecule has 0 amide bonds. The molecule has 1 aromatic heterocycles. The lowest BCUT2D eigenvalue weighted by molar-refractivity contribution is 0.101. The predicted molar refractivity (Wildman–Crippen MR) is 58.1 cm³/mol. The highest BCUT2D eigenvalue weighted by atomic mass is 32.1. The van der Waals surface area contributed by atoms with Crippen LogP contribution >= 0.6 is 11.3 Å². The van der Waals surface area contributed by atoms with Gasteiger partial charge in [-0.3, -0.25) is 4.79 Å². The van der Waals surface area contributed by atoms with Crippen molar-refractivity contribution < 1.29 is 4.79 Å². The summed E-state index contributed by atoms with van der Waals surface area (Å²) in [6, 6.07) is 3.85. The van der Waals surface area contributed by atoms with Crippen LogP contribution in [0.15, 0.2) is 0 Å². The van der Waals surface area contributed by atoms with Crippen molar-refractivity contribution in [2.75, 3.05) is 19.0 Å². The molecule has 0 aliphatic heterocycles. The molecular formula is C10H9N3OS. The van der Waals surface area contributed by atoms with E-state index in [0.29, 0.717) is 15.4 Å². The highest BCUT2D eigenvalue weighted by molar-refractivity contribution is 7.17. The molecule has 0 saturated heterocycles. The Kier molecular flexibility index (Phi) is 3.08. The van der Waals surface area contributed by atoms with Crippen molar-refractivity contribution in [3.63, 3.8) is 0 Å². The Balaban J connectivity index is 3.58. The van der Waals surface area contributed by atoms with Gasteiger partial charge in [-0.05, 0) is 6.92 Å². The van der Waals surface area contributed by atoms with E-state index in [1.807, 2.05) is 12.1 Å². The molecule has 4 nitrogen and oxygen atoms in total. The lowest BCUT2D eigenvalue weighted by Gasteiger charge is -2.10. The fourth-order valence-electron chi connectivity index (χ4n) is 1.25. The zero-order valence-corrected chi connectivity index (χ0v) is 9.47. The third-order valence-electron chi connectivity index (χ3n) is 1.86. The molecule has 0 N–H and O–H groups in total. The van der Waals surface area contributed by atoms with Gasteiger partial charge in [0, 0.05) is 14.1 Å². The van der Waals surface area contributed by atoms with E-state index in [1.165, 1.54) is 18.3 Å². The second kappa shape index (κ2) is 4.12. The van der Waals surface area contributed by atoms with Gasteiger partial charge in [0.05, 0.1) is 11.1 Å². The highest BCUT2D eigenvalue weighted by Crippen LogP contribution is 2.34. The number of carbonyl (C=O) groups excluding carboxylic acids is 1. The van der Waals surface area contributed by atoms with Crippen molar-refractivity contribution in [1.82, 2.24) is 0 Å². The number of Topliss-reactive ketones (excluding diaryl/α,β-unsaturated/α-hetero) is 1. The quantitative estimate of drug-likeness (QED) is 0.711. The van der Waals surface area contributed by atoms with E-state index in [2.05, 4.69) is 0 Å². The largest absolute Gasteiger partial charge is 0.369 e. The number of nitriles is 2. The van der Waals surface area contributed by atoms with Crippen LogP contribution in [0.2, 0.25) is 0 Å². The summed E-state index contributed by atoms with van der Waals surface area (Å²) >= 11 is 1.17. The van der Waals surface area contributed by atoms with E-state index in [0.717, 1.165) is 0 Å². The van der Waals surface area contributed by atoms with Crippen molar-refractivity contribution in [2.45, 2.75) is 6.92 Å². The standard InChI is InChI=1S/C10H9N3OS/c1-6(14)9-7(4-11)8(5-12)15-10(9)13(2)3/h1-3H3. The molecule has 0 saturated carbocycles. The highest BCUT2D eigenvalue weighted by Gasteiger charge is 2.22. The van der Waals surface area contributed by atoms with Gasteiger partial charge < -0.3 is 4.90 Å². The molecule has 0 radical (unpaired) electrons. The van der Waals surface area contributed by atoms with Crippen LogP contribution in [0.1, 0.15) is 27.7 Å². The Labute approximate surface area is 92.0 Å². The first-order valence-electron chi connectivity index (χ1n) is 4.18. The Morgan fingerprint density at radius 2 is 1.93 bits per heavy atom. The van der Waals surface area contributed by atoms with Crippen LogP contribution < -0.4 is 4.90 Å². The number of rotatable bonds is 2. The van der Waals surface area contributed by atoms with E-state index in [-0.39, 0.29) is 11.3 Å². The van der Waals surface area contributed by atoms with Crippen LogP contribution in [0.25, 0.3) is 0 Å². The Morgan fingerprint density at radius 1 is 1.33 bits per heavy atom. The molecule has 1 heterocycles. The molecular weight excluding hydrogens is 210 g/mol. The van der Waals surface area contributed by atoms with Gasteiger partial charge in [0.25, 0.3) is 0 Å². The van der Waals surface area contributed by atoms with Crippen LogP contribution in [0.4, 0.5) is 5.00 Å². The molecule has 1 aromatic rings. The van der Waals surface area contributed by atoms with Crippen LogP contribution in [0.5, 0.6) is 0 Å². The fourth-order valence-corrected chi connectivity index (χ4v) is 2.27. The number of nitrogens with zero attached hydrogens (tertiary/aromatic N) is 3. The van der Waals surface area contributed by atoms with Gasteiger partial charge in [0.15, 0.2) is 5.78 Å². The second-order valence-corrected chi connectivity index (χ2v) is 4.16. The first kappa shape index (κ1) is 11.2. The molecule has 0 aromatic carbocycles. The van der Waals surface area contributed by atoms with Crippen molar-refractivity contribution in [2.24, 2.45) is 0 Å². The van der Waals surface area contributed by atoms with Crippen molar-refractivity contribution in [3.8, 4) is 12.1 Å². The lowest BCUT2D eigenvalue weighted by Crippen LogP contribution is -2.10. The minimum absolute atomic E-state index is 0.187. The van der Waals surface area contributed by atoms with E-state index >= 15 is 0 Å². The van der Waals surface area contributed by atoms with Gasteiger partial charge in [-0.15, -0.1) is 11.3 Å². The van der Waals surface area contributed by atoms with E-state index in [4.69, 9.17) is 10.5 Å². The first-order valence-corrected chi connectivity index (χ1v) is 4.99. The van der Waals surface area contributed by atoms with E-state index in [9.17, 15) is 4.79 Å². The molecule has 0 unspecified atom stereocenters. The first-order chi connectivity index (χ1) is 7.02. The molecule has 0 aliphatic carbocycles. The van der Waals surface area contributed by atoms with Crippen molar-refractivity contribution in [3.05, 3.63) is 16.0 Å². The Hall–Kier alpha value is -1.85. The Bertz CT molecular complexity index is 488. The van der Waals surface area contributed by atoms with Crippen LogP contribution in [0, 0.1) is 22.7 Å². The third kappa shape index (κ3) is 1.83. The van der Waals surface area contributed by atoms with Gasteiger partial charge >= 0.3 is 0 Å². The van der Waals surface area contributed by atoms with Gasteiger partial charge in [0.2, 0.25) is 0 Å². The number of carbonyl (C=O) groups is 1. The third-order valence-corrected chi connectivity index (χ3v) is 3.12. The van der Waals surface area contributed by atoms with Gasteiger partial charge in [-0.25, -0.2) is 0 Å². The summed E-state index contributed by atoms with van der Waals surface area (Å²) in [6.07, 6.45) is 0. The fraction of sp³-hybridized carbons (Fsp3) is 0.300. The molecule has 5 heteroatoms. The minimum Gasteiger partial charge on any atom is -0.369 e. The maximum Gasteiger partial charge on any atom is 0.164 e. The molecule has 0 spiro atoms. The smallest absolute Gasteiger partial charge is 0.164 e. The summed E-state index contributed by atoms with van der Waals surface area (Å²) in [5.74, 6) is -0.187. The summed E-state index contributed by atoms with van der Waals surface area (Å²) < 4.78 is 0. The molecule has 15 heavy (non-hydrogen) atoms. The molecule has 0 bridgehead atoms. The number of hydrogen-bond acceptors (Lipinski definition) is 5. The molecule has 76 valence electrons. The minimum atomic E-state index is -0.187. The number of hydrogen-bond donors (Lipinski definition) is 0. The summed E-state index contributed by atoms with van der Waals surface area (Å²) in [4.78, 5) is 13.4. The second-order valence-electron chi connectivity index (χ2n) is 3.16. The summed E-state index contributed by atoms with van der Waals surface area (Å²) in [6.45, 7) is 1.40. The van der Waals surface area contributed by atoms with Gasteiger partial charge in [-0.2, -0.15) is 10.5 Å². The lowest BCUT2D eigenvalue weighted by atomic mass is 10.1. The SMILES string of the molecule is CC(=O)c1c(N(C)C)sc(C#N)c1C#N. The summed E-state index contributed by atoms with van der Waals surface area (Å²) in [5.41, 5.74) is 0.544.